The molecule has 4 aromatic rings. The third-order valence-corrected chi connectivity index (χ3v) is 6.38. The lowest BCUT2D eigenvalue weighted by Gasteiger charge is -2.17. The van der Waals surface area contributed by atoms with Crippen LogP contribution >= 0.6 is 11.6 Å². The molecule has 0 amide bonds. The third kappa shape index (κ3) is 4.81. The van der Waals surface area contributed by atoms with E-state index < -0.39 is 9.84 Å². The molecule has 1 aromatic heterocycles. The van der Waals surface area contributed by atoms with Crippen molar-refractivity contribution in [2.75, 3.05) is 18.2 Å². The number of para-hydroxylation sites is 1. The Kier molecular flexibility index (Phi) is 5.85. The average molecular weight is 452 g/mol. The maximum Gasteiger partial charge on any atom is 0.175 e. The molecule has 0 aliphatic carbocycles. The molecule has 31 heavy (non-hydrogen) atoms. The van der Waals surface area contributed by atoms with Gasteiger partial charge in [0, 0.05) is 41.5 Å². The van der Waals surface area contributed by atoms with Crippen LogP contribution in [0.25, 0.3) is 17.1 Å². The summed E-state index contributed by atoms with van der Waals surface area (Å²) in [7, 11) is -1.23. The van der Waals surface area contributed by atoms with E-state index in [1.807, 2.05) is 60.3 Å². The van der Waals surface area contributed by atoms with Crippen LogP contribution in [0.5, 0.6) is 0 Å². The number of hydrogen-bond acceptors (Lipinski definition) is 4. The minimum atomic E-state index is -3.26. The van der Waals surface area contributed by atoms with Gasteiger partial charge in [-0.05, 0) is 60.7 Å². The van der Waals surface area contributed by atoms with E-state index in [1.54, 1.807) is 24.3 Å². The van der Waals surface area contributed by atoms with Crippen molar-refractivity contribution in [2.24, 2.45) is 0 Å². The van der Waals surface area contributed by atoms with E-state index in [0.29, 0.717) is 11.6 Å². The van der Waals surface area contributed by atoms with Gasteiger partial charge in [0.1, 0.15) is 5.82 Å². The summed E-state index contributed by atoms with van der Waals surface area (Å²) in [5.74, 6) is 0.735. The lowest BCUT2D eigenvalue weighted by molar-refractivity contribution is 0.602. The summed E-state index contributed by atoms with van der Waals surface area (Å²) in [6.45, 7) is 0.624. The first kappa shape index (κ1) is 21.2. The fourth-order valence-corrected chi connectivity index (χ4v) is 4.13. The van der Waals surface area contributed by atoms with Crippen LogP contribution in [0.1, 0.15) is 5.69 Å². The van der Waals surface area contributed by atoms with Crippen molar-refractivity contribution < 1.29 is 8.42 Å². The molecule has 3 aromatic carbocycles. The number of benzene rings is 3. The Balaban J connectivity index is 1.74. The third-order valence-electron chi connectivity index (χ3n) is 5.00. The van der Waals surface area contributed by atoms with Crippen LogP contribution in [0.2, 0.25) is 5.02 Å². The summed E-state index contributed by atoms with van der Waals surface area (Å²) in [5.41, 5.74) is 3.75. The molecule has 0 spiro atoms. The number of imidazole rings is 1. The van der Waals surface area contributed by atoms with Gasteiger partial charge in [-0.1, -0.05) is 29.8 Å². The number of sulfone groups is 1. The van der Waals surface area contributed by atoms with E-state index in [-0.39, 0.29) is 4.90 Å². The summed E-state index contributed by atoms with van der Waals surface area (Å²) >= 11 is 6.07. The van der Waals surface area contributed by atoms with Crippen LogP contribution < -0.4 is 4.90 Å². The van der Waals surface area contributed by atoms with E-state index >= 15 is 0 Å². The number of nitrogens with zero attached hydrogens (tertiary/aromatic N) is 3. The molecular weight excluding hydrogens is 430 g/mol. The number of aromatic nitrogens is 2. The van der Waals surface area contributed by atoms with Crippen LogP contribution in [0.4, 0.5) is 5.69 Å². The Morgan fingerprint density at radius 2 is 1.58 bits per heavy atom. The second kappa shape index (κ2) is 8.57. The van der Waals surface area contributed by atoms with Gasteiger partial charge in [-0.25, -0.2) is 13.4 Å². The molecule has 0 fully saturated rings. The van der Waals surface area contributed by atoms with Gasteiger partial charge in [-0.15, -0.1) is 0 Å². The molecule has 1 heterocycles. The summed E-state index contributed by atoms with van der Waals surface area (Å²) < 4.78 is 25.6. The molecule has 158 valence electrons. The number of halogens is 1. The first-order chi connectivity index (χ1) is 14.8. The first-order valence-electron chi connectivity index (χ1n) is 9.72. The van der Waals surface area contributed by atoms with Gasteiger partial charge in [0.25, 0.3) is 0 Å². The molecule has 0 saturated carbocycles. The van der Waals surface area contributed by atoms with Crippen LogP contribution in [-0.2, 0) is 16.4 Å². The normalized spacial score (nSPS) is 11.5. The monoisotopic (exact) mass is 451 g/mol. The van der Waals surface area contributed by atoms with Gasteiger partial charge in [-0.3, -0.25) is 4.57 Å². The van der Waals surface area contributed by atoms with Gasteiger partial charge in [0.15, 0.2) is 9.84 Å². The van der Waals surface area contributed by atoms with Crippen molar-refractivity contribution in [1.29, 1.82) is 0 Å². The maximum absolute atomic E-state index is 11.8. The predicted molar refractivity (Wildman–Crippen MR) is 126 cm³/mol. The maximum atomic E-state index is 11.8. The van der Waals surface area contributed by atoms with Gasteiger partial charge >= 0.3 is 0 Å². The molecule has 0 atom stereocenters. The summed E-state index contributed by atoms with van der Waals surface area (Å²) in [6.07, 6.45) is 3.21. The summed E-state index contributed by atoms with van der Waals surface area (Å²) in [6, 6.07) is 24.5. The zero-order chi connectivity index (χ0) is 22.0. The molecule has 0 aliphatic heterocycles. The van der Waals surface area contributed by atoms with E-state index in [0.717, 1.165) is 28.5 Å². The molecular formula is C24H22ClN3O2S. The van der Waals surface area contributed by atoms with Crippen molar-refractivity contribution in [3.63, 3.8) is 0 Å². The Labute approximate surface area is 187 Å². The van der Waals surface area contributed by atoms with Gasteiger partial charge in [-0.2, -0.15) is 0 Å². The highest BCUT2D eigenvalue weighted by molar-refractivity contribution is 7.90. The molecule has 0 saturated heterocycles. The highest BCUT2D eigenvalue weighted by Crippen LogP contribution is 2.26. The van der Waals surface area contributed by atoms with E-state index in [4.69, 9.17) is 16.6 Å². The van der Waals surface area contributed by atoms with E-state index in [1.165, 1.54) is 6.26 Å². The molecule has 4 rings (SSSR count). The number of hydrogen-bond donors (Lipinski definition) is 0. The SMILES string of the molecule is CN(Cc1cn(-c2ccc(Cl)cc2)c(-c2ccc(S(C)(=O)=O)cc2)n1)c1ccccc1. The van der Waals surface area contributed by atoms with Gasteiger partial charge in [0.2, 0.25) is 0 Å². The lowest BCUT2D eigenvalue weighted by Crippen LogP contribution is -2.16. The van der Waals surface area contributed by atoms with Gasteiger partial charge < -0.3 is 4.90 Å². The Hall–Kier alpha value is -3.09. The Bertz CT molecular complexity index is 1280. The molecule has 0 aliphatic rings. The van der Waals surface area contributed by atoms with E-state index in [9.17, 15) is 8.42 Å². The topological polar surface area (TPSA) is 55.2 Å². The minimum absolute atomic E-state index is 0.282. The molecule has 0 bridgehead atoms. The van der Waals surface area contributed by atoms with Crippen molar-refractivity contribution in [1.82, 2.24) is 9.55 Å². The summed E-state index contributed by atoms with van der Waals surface area (Å²) in [5, 5.41) is 0.659. The van der Waals surface area contributed by atoms with Crippen LogP contribution in [0.15, 0.2) is 90.0 Å². The Morgan fingerprint density at radius 3 is 2.19 bits per heavy atom. The lowest BCUT2D eigenvalue weighted by atomic mass is 10.2. The van der Waals surface area contributed by atoms with Crippen molar-refractivity contribution in [3.8, 4) is 17.1 Å². The average Bonchev–Trinajstić information content (AvgIpc) is 3.18. The predicted octanol–water partition coefficient (Wildman–Crippen LogP) is 5.23. The second-order valence-electron chi connectivity index (χ2n) is 7.39. The zero-order valence-electron chi connectivity index (χ0n) is 17.2. The van der Waals surface area contributed by atoms with Crippen molar-refractivity contribution in [2.45, 2.75) is 11.4 Å². The standard InChI is InChI=1S/C24H22ClN3O2S/c1-27(21-6-4-3-5-7-21)16-20-17-28(22-12-10-19(25)11-13-22)24(26-20)18-8-14-23(15-9-18)31(2,29)30/h3-15,17H,16H2,1-2H3. The van der Waals surface area contributed by atoms with Gasteiger partial charge in [0.05, 0.1) is 17.1 Å². The largest absolute Gasteiger partial charge is 0.369 e. The molecule has 0 unspecified atom stereocenters. The molecule has 7 heteroatoms. The Morgan fingerprint density at radius 1 is 0.935 bits per heavy atom. The molecule has 0 radical (unpaired) electrons. The van der Waals surface area contributed by atoms with Crippen molar-refractivity contribution >= 4 is 27.1 Å². The fourth-order valence-electron chi connectivity index (χ4n) is 3.38. The quantitative estimate of drug-likeness (QED) is 0.402. The second-order valence-corrected chi connectivity index (χ2v) is 9.84. The molecule has 0 N–H and O–H groups in total. The zero-order valence-corrected chi connectivity index (χ0v) is 18.8. The van der Waals surface area contributed by atoms with Crippen LogP contribution in [0, 0.1) is 0 Å². The van der Waals surface area contributed by atoms with E-state index in [2.05, 4.69) is 17.0 Å². The highest BCUT2D eigenvalue weighted by atomic mass is 35.5. The van der Waals surface area contributed by atoms with Crippen molar-refractivity contribution in [3.05, 3.63) is 95.8 Å². The highest BCUT2D eigenvalue weighted by Gasteiger charge is 2.15. The first-order valence-corrected chi connectivity index (χ1v) is 12.0. The smallest absolute Gasteiger partial charge is 0.175 e. The molecule has 5 nitrogen and oxygen atoms in total. The summed E-state index contributed by atoms with van der Waals surface area (Å²) in [4.78, 5) is 7.29. The minimum Gasteiger partial charge on any atom is -0.369 e. The number of rotatable bonds is 6. The van der Waals surface area contributed by atoms with Crippen LogP contribution in [0.3, 0.4) is 0 Å². The number of anilines is 1. The fraction of sp³-hybridized carbons (Fsp3) is 0.125. The van der Waals surface area contributed by atoms with Crippen LogP contribution in [-0.4, -0.2) is 31.3 Å².